The van der Waals surface area contributed by atoms with Gasteiger partial charge in [0.05, 0.1) is 6.33 Å². The number of halogens is 1. The van der Waals surface area contributed by atoms with Crippen molar-refractivity contribution in [2.75, 3.05) is 11.9 Å². The predicted octanol–water partition coefficient (Wildman–Crippen LogP) is 3.28. The molecule has 1 aliphatic rings. The Balaban J connectivity index is 1.58. The first-order valence-electron chi connectivity index (χ1n) is 8.09. The molecule has 0 bridgehead atoms. The van der Waals surface area contributed by atoms with Crippen LogP contribution in [0.2, 0.25) is 0 Å². The second kappa shape index (κ2) is 6.52. The summed E-state index contributed by atoms with van der Waals surface area (Å²) in [7, 11) is 0. The van der Waals surface area contributed by atoms with Crippen LogP contribution in [-0.2, 0) is 11.3 Å². The molecule has 1 fully saturated rings. The summed E-state index contributed by atoms with van der Waals surface area (Å²) < 4.78 is 21.0. The predicted molar refractivity (Wildman–Crippen MR) is 87.9 cm³/mol. The number of nitrogens with zero attached hydrogens (tertiary/aromatic N) is 4. The molecule has 6 nitrogen and oxygen atoms in total. The van der Waals surface area contributed by atoms with Gasteiger partial charge in [0.25, 0.3) is 0 Å². The van der Waals surface area contributed by atoms with E-state index in [0.29, 0.717) is 17.9 Å². The third kappa shape index (κ3) is 2.94. The molecule has 1 atom stereocenters. The van der Waals surface area contributed by atoms with Gasteiger partial charge in [-0.05, 0) is 37.0 Å². The highest BCUT2D eigenvalue weighted by atomic mass is 19.1. The average Bonchev–Trinajstić information content (AvgIpc) is 3.05. The van der Waals surface area contributed by atoms with Crippen LogP contribution in [0.4, 0.5) is 10.2 Å². The number of rotatable bonds is 4. The smallest absolute Gasteiger partial charge is 0.167 e. The summed E-state index contributed by atoms with van der Waals surface area (Å²) in [6.45, 7) is 1.23. The number of benzene rings is 1. The zero-order valence-electron chi connectivity index (χ0n) is 13.2. The maximum atomic E-state index is 13.3. The second-order valence-electron chi connectivity index (χ2n) is 5.85. The molecule has 0 spiro atoms. The molecule has 1 aromatic carbocycles. The average molecular weight is 327 g/mol. The molecule has 0 saturated carbocycles. The molecule has 3 heterocycles. The molecule has 2 aromatic heterocycles. The largest absolute Gasteiger partial charge is 0.364 e. The fourth-order valence-electron chi connectivity index (χ4n) is 2.97. The lowest BCUT2D eigenvalue weighted by molar-refractivity contribution is -0.0298. The van der Waals surface area contributed by atoms with Gasteiger partial charge in [-0.15, -0.1) is 0 Å². The summed E-state index contributed by atoms with van der Waals surface area (Å²) in [6.07, 6.45) is 6.44. The summed E-state index contributed by atoms with van der Waals surface area (Å²) in [4.78, 5) is 13.1. The van der Waals surface area contributed by atoms with Crippen LogP contribution in [0, 0.1) is 5.82 Å². The van der Waals surface area contributed by atoms with E-state index in [4.69, 9.17) is 4.74 Å². The minimum atomic E-state index is -0.249. The maximum absolute atomic E-state index is 13.3. The second-order valence-corrected chi connectivity index (χ2v) is 5.85. The summed E-state index contributed by atoms with van der Waals surface area (Å²) >= 11 is 0. The molecule has 1 unspecified atom stereocenters. The highest BCUT2D eigenvalue weighted by molar-refractivity contribution is 5.82. The lowest BCUT2D eigenvalue weighted by atomic mass is 10.2. The van der Waals surface area contributed by atoms with Crippen molar-refractivity contribution in [3.8, 4) is 0 Å². The van der Waals surface area contributed by atoms with Gasteiger partial charge in [0.15, 0.2) is 17.0 Å². The first-order chi connectivity index (χ1) is 11.8. The van der Waals surface area contributed by atoms with Crippen LogP contribution in [0.1, 0.15) is 31.1 Å². The van der Waals surface area contributed by atoms with Crippen molar-refractivity contribution < 1.29 is 9.13 Å². The van der Waals surface area contributed by atoms with E-state index in [2.05, 4.69) is 20.3 Å². The van der Waals surface area contributed by atoms with Gasteiger partial charge in [-0.1, -0.05) is 12.1 Å². The van der Waals surface area contributed by atoms with Crippen LogP contribution < -0.4 is 5.32 Å². The molecule has 0 amide bonds. The van der Waals surface area contributed by atoms with Gasteiger partial charge in [-0.25, -0.2) is 19.3 Å². The SMILES string of the molecule is Fc1cccc(CNc2ncnc3c2ncn3C2CCCCO2)c1. The Morgan fingerprint density at radius 2 is 2.21 bits per heavy atom. The summed E-state index contributed by atoms with van der Waals surface area (Å²) in [5.41, 5.74) is 2.29. The van der Waals surface area contributed by atoms with Gasteiger partial charge in [-0.2, -0.15) is 0 Å². The van der Waals surface area contributed by atoms with Crippen molar-refractivity contribution in [2.45, 2.75) is 32.0 Å². The number of imidazole rings is 1. The minimum absolute atomic E-state index is 0.0188. The van der Waals surface area contributed by atoms with Crippen LogP contribution in [-0.4, -0.2) is 26.1 Å². The monoisotopic (exact) mass is 327 g/mol. The third-order valence-corrected chi connectivity index (χ3v) is 4.17. The molecule has 1 saturated heterocycles. The van der Waals surface area contributed by atoms with Crippen LogP contribution in [0.15, 0.2) is 36.9 Å². The van der Waals surface area contributed by atoms with E-state index in [-0.39, 0.29) is 12.0 Å². The van der Waals surface area contributed by atoms with Gasteiger partial charge >= 0.3 is 0 Å². The molecule has 1 N–H and O–H groups in total. The minimum Gasteiger partial charge on any atom is -0.364 e. The summed E-state index contributed by atoms with van der Waals surface area (Å²) in [5.74, 6) is 0.389. The Hall–Kier alpha value is -2.54. The Bertz CT molecular complexity index is 844. The molecule has 1 aliphatic heterocycles. The van der Waals surface area contributed by atoms with Crippen molar-refractivity contribution in [1.82, 2.24) is 19.5 Å². The van der Waals surface area contributed by atoms with E-state index in [1.165, 1.54) is 18.5 Å². The van der Waals surface area contributed by atoms with E-state index in [1.807, 2.05) is 10.6 Å². The highest BCUT2D eigenvalue weighted by Crippen LogP contribution is 2.27. The fraction of sp³-hybridized carbons (Fsp3) is 0.353. The Kier molecular flexibility index (Phi) is 4.08. The number of ether oxygens (including phenoxy) is 1. The quantitative estimate of drug-likeness (QED) is 0.797. The van der Waals surface area contributed by atoms with Gasteiger partial charge in [0, 0.05) is 13.2 Å². The number of anilines is 1. The molecule has 4 rings (SSSR count). The zero-order chi connectivity index (χ0) is 16.4. The summed E-state index contributed by atoms with van der Waals surface area (Å²) in [5, 5.41) is 3.21. The van der Waals surface area contributed by atoms with E-state index in [1.54, 1.807) is 12.4 Å². The van der Waals surface area contributed by atoms with Crippen molar-refractivity contribution in [2.24, 2.45) is 0 Å². The van der Waals surface area contributed by atoms with Gasteiger partial charge in [0.1, 0.15) is 18.4 Å². The molecule has 0 radical (unpaired) electrons. The first kappa shape index (κ1) is 15.0. The number of hydrogen-bond donors (Lipinski definition) is 1. The number of hydrogen-bond acceptors (Lipinski definition) is 5. The molecule has 0 aliphatic carbocycles. The number of fused-ring (bicyclic) bond motifs is 1. The molecular weight excluding hydrogens is 309 g/mol. The topological polar surface area (TPSA) is 64.9 Å². The Morgan fingerprint density at radius 1 is 1.25 bits per heavy atom. The van der Waals surface area contributed by atoms with E-state index in [0.717, 1.165) is 37.1 Å². The van der Waals surface area contributed by atoms with Gasteiger partial charge < -0.3 is 10.1 Å². The van der Waals surface area contributed by atoms with Gasteiger partial charge in [0.2, 0.25) is 0 Å². The lowest BCUT2D eigenvalue weighted by Gasteiger charge is -2.23. The van der Waals surface area contributed by atoms with E-state index in [9.17, 15) is 4.39 Å². The Morgan fingerprint density at radius 3 is 3.04 bits per heavy atom. The zero-order valence-corrected chi connectivity index (χ0v) is 13.2. The number of aromatic nitrogens is 4. The molecule has 3 aromatic rings. The standard InChI is InChI=1S/C17H18FN5O/c18-13-5-3-4-12(8-13)9-19-16-15-17(21-10-20-16)23(11-22-15)14-6-1-2-7-24-14/h3-5,8,10-11,14H,1-2,6-7,9H2,(H,19,20,21). The maximum Gasteiger partial charge on any atom is 0.167 e. The molecule has 124 valence electrons. The first-order valence-corrected chi connectivity index (χ1v) is 8.09. The third-order valence-electron chi connectivity index (χ3n) is 4.17. The molecule has 24 heavy (non-hydrogen) atoms. The van der Waals surface area contributed by atoms with Crippen LogP contribution >= 0.6 is 0 Å². The van der Waals surface area contributed by atoms with Gasteiger partial charge in [-0.3, -0.25) is 4.57 Å². The van der Waals surface area contributed by atoms with E-state index < -0.39 is 0 Å². The van der Waals surface area contributed by atoms with E-state index >= 15 is 0 Å². The summed E-state index contributed by atoms with van der Waals surface area (Å²) in [6, 6.07) is 6.48. The van der Waals surface area contributed by atoms with Crippen molar-refractivity contribution in [1.29, 1.82) is 0 Å². The van der Waals surface area contributed by atoms with Crippen LogP contribution in [0.5, 0.6) is 0 Å². The molecular formula is C17H18FN5O. The van der Waals surface area contributed by atoms with Crippen molar-refractivity contribution in [3.05, 3.63) is 48.3 Å². The normalized spacial score (nSPS) is 18.0. The Labute approximate surface area is 138 Å². The molecule has 7 heteroatoms. The highest BCUT2D eigenvalue weighted by Gasteiger charge is 2.20. The lowest BCUT2D eigenvalue weighted by Crippen LogP contribution is -2.17. The van der Waals surface area contributed by atoms with Crippen LogP contribution in [0.3, 0.4) is 0 Å². The van der Waals surface area contributed by atoms with Crippen molar-refractivity contribution in [3.63, 3.8) is 0 Å². The number of nitrogens with one attached hydrogen (secondary N) is 1. The van der Waals surface area contributed by atoms with Crippen molar-refractivity contribution >= 4 is 17.0 Å². The fourth-order valence-corrected chi connectivity index (χ4v) is 2.97. The van der Waals surface area contributed by atoms with Crippen LogP contribution in [0.25, 0.3) is 11.2 Å².